The molecule has 1 N–H and O–H groups in total. The number of ketones is 1. The number of amides is 1. The molecule has 0 radical (unpaired) electrons. The van der Waals surface area contributed by atoms with Crippen LogP contribution in [0.5, 0.6) is 0 Å². The molecule has 1 amide bonds. The molecule has 0 saturated heterocycles. The first kappa shape index (κ1) is 17.2. The Hall–Kier alpha value is -2.59. The SMILES string of the molecule is CC(C)(C)NC(=O)C(=O)c1c(-c2ccc(Cl)cc2)cc2ccccn12. The number of pyridine rings is 1. The third-order valence-electron chi connectivity index (χ3n) is 3.74. The molecule has 25 heavy (non-hydrogen) atoms. The van der Waals surface area contributed by atoms with Crippen LogP contribution in [0.25, 0.3) is 16.6 Å². The molecule has 0 aliphatic carbocycles. The summed E-state index contributed by atoms with van der Waals surface area (Å²) in [6.45, 7) is 5.53. The lowest BCUT2D eigenvalue weighted by atomic mass is 10.0. The van der Waals surface area contributed by atoms with E-state index < -0.39 is 17.2 Å². The minimum atomic E-state index is -0.619. The number of nitrogens with one attached hydrogen (secondary N) is 1. The van der Waals surface area contributed by atoms with Gasteiger partial charge in [0, 0.05) is 27.8 Å². The highest BCUT2D eigenvalue weighted by molar-refractivity contribution is 6.43. The van der Waals surface area contributed by atoms with E-state index >= 15 is 0 Å². The van der Waals surface area contributed by atoms with E-state index in [0.717, 1.165) is 11.1 Å². The molecule has 3 rings (SSSR count). The van der Waals surface area contributed by atoms with E-state index in [9.17, 15) is 9.59 Å². The lowest BCUT2D eigenvalue weighted by Gasteiger charge is -2.20. The van der Waals surface area contributed by atoms with Crippen molar-refractivity contribution < 1.29 is 9.59 Å². The molecule has 0 unspecified atom stereocenters. The van der Waals surface area contributed by atoms with Gasteiger partial charge < -0.3 is 9.72 Å². The summed E-state index contributed by atoms with van der Waals surface area (Å²) in [5.41, 5.74) is 2.25. The van der Waals surface area contributed by atoms with E-state index in [4.69, 9.17) is 11.6 Å². The van der Waals surface area contributed by atoms with Gasteiger partial charge >= 0.3 is 0 Å². The number of benzene rings is 1. The maximum absolute atomic E-state index is 12.9. The van der Waals surface area contributed by atoms with Crippen molar-refractivity contribution in [2.75, 3.05) is 0 Å². The molecule has 128 valence electrons. The number of hydrogen-bond donors (Lipinski definition) is 1. The predicted octanol–water partition coefficient (Wildman–Crippen LogP) is 4.36. The molecule has 0 atom stereocenters. The van der Waals surface area contributed by atoms with E-state index in [1.807, 2.05) is 57.2 Å². The molecule has 2 heterocycles. The van der Waals surface area contributed by atoms with Crippen LogP contribution in [-0.2, 0) is 4.79 Å². The molecule has 0 bridgehead atoms. The van der Waals surface area contributed by atoms with Crippen LogP contribution in [0.15, 0.2) is 54.7 Å². The molecule has 2 aromatic heterocycles. The Morgan fingerprint density at radius 3 is 2.36 bits per heavy atom. The summed E-state index contributed by atoms with van der Waals surface area (Å²) in [6.07, 6.45) is 1.78. The number of nitrogens with zero attached hydrogens (tertiary/aromatic N) is 1. The van der Waals surface area contributed by atoms with Crippen molar-refractivity contribution in [3.8, 4) is 11.1 Å². The van der Waals surface area contributed by atoms with Gasteiger partial charge in [-0.05, 0) is 56.7 Å². The average Bonchev–Trinajstić information content (AvgIpc) is 2.92. The van der Waals surface area contributed by atoms with Crippen molar-refractivity contribution in [2.45, 2.75) is 26.3 Å². The number of rotatable bonds is 3. The number of fused-ring (bicyclic) bond motifs is 1. The van der Waals surface area contributed by atoms with Crippen LogP contribution in [0.4, 0.5) is 0 Å². The summed E-state index contributed by atoms with van der Waals surface area (Å²) in [5, 5.41) is 3.35. The van der Waals surface area contributed by atoms with Gasteiger partial charge in [0.05, 0.1) is 0 Å². The molecule has 4 nitrogen and oxygen atoms in total. The second-order valence-corrected chi connectivity index (χ2v) is 7.38. The first-order valence-electron chi connectivity index (χ1n) is 7.99. The third kappa shape index (κ3) is 3.59. The molecule has 0 saturated carbocycles. The van der Waals surface area contributed by atoms with E-state index in [1.165, 1.54) is 0 Å². The van der Waals surface area contributed by atoms with Gasteiger partial charge in [-0.2, -0.15) is 0 Å². The van der Waals surface area contributed by atoms with E-state index in [-0.39, 0.29) is 0 Å². The van der Waals surface area contributed by atoms with Gasteiger partial charge in [-0.1, -0.05) is 29.8 Å². The second-order valence-electron chi connectivity index (χ2n) is 6.94. The maximum atomic E-state index is 12.9. The summed E-state index contributed by atoms with van der Waals surface area (Å²) in [4.78, 5) is 25.3. The standard InChI is InChI=1S/C20H19ClN2O2/c1-20(2,3)22-19(25)18(24)17-16(13-7-9-14(21)10-8-13)12-15-6-4-5-11-23(15)17/h4-12H,1-3H3,(H,22,25). The molecular weight excluding hydrogens is 336 g/mol. The number of hydrogen-bond acceptors (Lipinski definition) is 2. The highest BCUT2D eigenvalue weighted by Gasteiger charge is 2.27. The molecule has 0 aliphatic heterocycles. The van der Waals surface area contributed by atoms with Gasteiger partial charge in [-0.15, -0.1) is 0 Å². The summed E-state index contributed by atoms with van der Waals surface area (Å²) in [5.74, 6) is -1.18. The van der Waals surface area contributed by atoms with Crippen molar-refractivity contribution in [3.05, 3.63) is 65.4 Å². The van der Waals surface area contributed by atoms with E-state index in [1.54, 1.807) is 22.7 Å². The van der Waals surface area contributed by atoms with Crippen molar-refractivity contribution in [1.29, 1.82) is 0 Å². The fourth-order valence-electron chi connectivity index (χ4n) is 2.71. The zero-order chi connectivity index (χ0) is 18.2. The Labute approximate surface area is 151 Å². The number of aromatic nitrogens is 1. The van der Waals surface area contributed by atoms with Crippen LogP contribution in [0.1, 0.15) is 31.3 Å². The molecular formula is C20H19ClN2O2. The van der Waals surface area contributed by atoms with Gasteiger partial charge in [0.15, 0.2) is 0 Å². The monoisotopic (exact) mass is 354 g/mol. The molecule has 0 aliphatic rings. The average molecular weight is 355 g/mol. The summed E-state index contributed by atoms with van der Waals surface area (Å²) < 4.78 is 1.74. The van der Waals surface area contributed by atoms with Crippen molar-refractivity contribution in [1.82, 2.24) is 9.72 Å². The zero-order valence-electron chi connectivity index (χ0n) is 14.3. The number of carbonyl (C=O) groups excluding carboxylic acids is 2. The van der Waals surface area contributed by atoms with Gasteiger partial charge in [-0.3, -0.25) is 9.59 Å². The Kier molecular flexibility index (Phi) is 4.39. The van der Waals surface area contributed by atoms with Crippen LogP contribution in [0.3, 0.4) is 0 Å². The van der Waals surface area contributed by atoms with Gasteiger partial charge in [0.25, 0.3) is 11.7 Å². The molecule has 0 fully saturated rings. The molecule has 1 aromatic carbocycles. The van der Waals surface area contributed by atoms with Crippen molar-refractivity contribution in [2.24, 2.45) is 0 Å². The summed E-state index contributed by atoms with van der Waals surface area (Å²) >= 11 is 5.97. The van der Waals surface area contributed by atoms with Crippen molar-refractivity contribution in [3.63, 3.8) is 0 Å². The lowest BCUT2D eigenvalue weighted by molar-refractivity contribution is -0.118. The maximum Gasteiger partial charge on any atom is 0.294 e. The number of Topliss-reactive ketones (excluding diaryl/α,β-unsaturated/α-hetero) is 1. The minimum absolute atomic E-state index is 0.347. The minimum Gasteiger partial charge on any atom is -0.345 e. The quantitative estimate of drug-likeness (QED) is 0.561. The van der Waals surface area contributed by atoms with Crippen molar-refractivity contribution >= 4 is 28.8 Å². The Bertz CT molecular complexity index is 950. The van der Waals surface area contributed by atoms with Crippen LogP contribution in [0, 0.1) is 0 Å². The Balaban J connectivity index is 2.15. The van der Waals surface area contributed by atoms with Crippen LogP contribution in [-0.4, -0.2) is 21.6 Å². The Morgan fingerprint density at radius 2 is 1.72 bits per heavy atom. The topological polar surface area (TPSA) is 50.6 Å². The largest absolute Gasteiger partial charge is 0.345 e. The van der Waals surface area contributed by atoms with Crippen LogP contribution >= 0.6 is 11.6 Å². The molecule has 3 aromatic rings. The van der Waals surface area contributed by atoms with Crippen LogP contribution < -0.4 is 5.32 Å². The summed E-state index contributed by atoms with van der Waals surface area (Å²) in [6, 6.07) is 14.7. The smallest absolute Gasteiger partial charge is 0.294 e. The Morgan fingerprint density at radius 1 is 1.04 bits per heavy atom. The predicted molar refractivity (Wildman–Crippen MR) is 100 cm³/mol. The zero-order valence-corrected chi connectivity index (χ0v) is 15.1. The second kappa shape index (κ2) is 6.37. The van der Waals surface area contributed by atoms with Gasteiger partial charge in [-0.25, -0.2) is 0 Å². The molecule has 5 heteroatoms. The highest BCUT2D eigenvalue weighted by Crippen LogP contribution is 2.29. The number of carbonyl (C=O) groups is 2. The van der Waals surface area contributed by atoms with Gasteiger partial charge in [0.1, 0.15) is 5.69 Å². The van der Waals surface area contributed by atoms with Gasteiger partial charge in [0.2, 0.25) is 0 Å². The highest BCUT2D eigenvalue weighted by atomic mass is 35.5. The molecule has 0 spiro atoms. The van der Waals surface area contributed by atoms with E-state index in [0.29, 0.717) is 16.3 Å². The number of halogens is 1. The normalized spacial score (nSPS) is 11.5. The fraction of sp³-hybridized carbons (Fsp3) is 0.200. The summed E-state index contributed by atoms with van der Waals surface area (Å²) in [7, 11) is 0. The lowest BCUT2D eigenvalue weighted by Crippen LogP contribution is -2.44. The first-order valence-corrected chi connectivity index (χ1v) is 8.37. The first-order chi connectivity index (χ1) is 11.8. The fourth-order valence-corrected chi connectivity index (χ4v) is 2.84. The van der Waals surface area contributed by atoms with E-state index in [2.05, 4.69) is 5.32 Å². The third-order valence-corrected chi connectivity index (χ3v) is 4.00. The van der Waals surface area contributed by atoms with Crippen LogP contribution in [0.2, 0.25) is 5.02 Å².